The van der Waals surface area contributed by atoms with Gasteiger partial charge in [-0.3, -0.25) is 4.79 Å². The molecule has 1 aliphatic heterocycles. The first-order valence-corrected chi connectivity index (χ1v) is 11.1. The van der Waals surface area contributed by atoms with Gasteiger partial charge in [0.05, 0.1) is 24.7 Å². The summed E-state index contributed by atoms with van der Waals surface area (Å²) in [4.78, 5) is 21.6. The van der Waals surface area contributed by atoms with Crippen LogP contribution >= 0.6 is 11.8 Å². The lowest BCUT2D eigenvalue weighted by Gasteiger charge is -2.25. The molecule has 0 fully saturated rings. The molecule has 0 saturated heterocycles. The number of para-hydroxylation sites is 2. The van der Waals surface area contributed by atoms with E-state index in [0.717, 1.165) is 5.39 Å². The molecule has 3 aromatic rings. The predicted octanol–water partition coefficient (Wildman–Crippen LogP) is 1.56. The Kier molecular flexibility index (Phi) is 6.73. The summed E-state index contributed by atoms with van der Waals surface area (Å²) in [5, 5.41) is 12.0. The number of nitrogens with zero attached hydrogens (tertiary/aromatic N) is 4. The Morgan fingerprint density at radius 3 is 2.94 bits per heavy atom. The first kappa shape index (κ1) is 21.2. The van der Waals surface area contributed by atoms with Crippen molar-refractivity contribution in [3.05, 3.63) is 30.5 Å². The first-order valence-electron chi connectivity index (χ1n) is 9.86. The number of carbonyl (C=O) groups is 1. The molecule has 0 radical (unpaired) electrons. The molecule has 1 unspecified atom stereocenters. The number of amides is 1. The molecule has 1 amide bonds. The van der Waals surface area contributed by atoms with Gasteiger partial charge in [0.25, 0.3) is 5.91 Å². The third kappa shape index (κ3) is 4.83. The van der Waals surface area contributed by atoms with Gasteiger partial charge in [0.2, 0.25) is 6.10 Å². The Morgan fingerprint density at radius 2 is 2.13 bits per heavy atom. The number of aromatic nitrogens is 4. The van der Waals surface area contributed by atoms with Crippen LogP contribution in [0, 0.1) is 0 Å². The van der Waals surface area contributed by atoms with Gasteiger partial charge in [-0.15, -0.1) is 0 Å². The van der Waals surface area contributed by atoms with Crippen LogP contribution in [0.25, 0.3) is 11.0 Å². The number of thioether (sulfide) groups is 1. The van der Waals surface area contributed by atoms with Gasteiger partial charge >= 0.3 is 0 Å². The lowest BCUT2D eigenvalue weighted by Crippen LogP contribution is -2.44. The van der Waals surface area contributed by atoms with Crippen molar-refractivity contribution in [3.63, 3.8) is 0 Å². The molecule has 11 heteroatoms. The quantitative estimate of drug-likeness (QED) is 0.288. The third-order valence-corrected chi connectivity index (χ3v) is 5.23. The van der Waals surface area contributed by atoms with E-state index in [1.165, 1.54) is 11.8 Å². The molecule has 164 valence electrons. The van der Waals surface area contributed by atoms with E-state index >= 15 is 0 Å². The van der Waals surface area contributed by atoms with Gasteiger partial charge < -0.3 is 24.8 Å². The number of carbonyl (C=O) groups excluding carboxylic acids is 1. The second-order valence-corrected chi connectivity index (χ2v) is 7.51. The van der Waals surface area contributed by atoms with Gasteiger partial charge in [-0.2, -0.15) is 5.10 Å². The Labute approximate surface area is 183 Å². The summed E-state index contributed by atoms with van der Waals surface area (Å²) in [5.74, 6) is 1.70. The normalized spacial score (nSPS) is 15.1. The molecule has 10 nitrogen and oxygen atoms in total. The number of benzene rings is 1. The molecular formula is C20H24N6O4S. The molecule has 1 atom stereocenters. The Bertz CT molecular complexity index is 1060. The average Bonchev–Trinajstić information content (AvgIpc) is 3.21. The van der Waals surface area contributed by atoms with Crippen molar-refractivity contribution >= 4 is 34.5 Å². The van der Waals surface area contributed by atoms with Crippen molar-refractivity contribution in [2.45, 2.75) is 17.8 Å². The fourth-order valence-electron chi connectivity index (χ4n) is 3.14. The van der Waals surface area contributed by atoms with Crippen LogP contribution in [-0.2, 0) is 16.1 Å². The van der Waals surface area contributed by atoms with E-state index in [4.69, 9.17) is 14.2 Å². The molecule has 1 aliphatic rings. The maximum atomic E-state index is 12.5. The maximum Gasteiger partial charge on any atom is 0.264 e. The molecule has 3 heterocycles. The van der Waals surface area contributed by atoms with Crippen molar-refractivity contribution in [2.24, 2.45) is 0 Å². The molecule has 0 spiro atoms. The molecule has 0 saturated carbocycles. The van der Waals surface area contributed by atoms with Gasteiger partial charge in [-0.05, 0) is 18.4 Å². The highest BCUT2D eigenvalue weighted by molar-refractivity contribution is 7.98. The Balaban J connectivity index is 1.39. The number of anilines is 1. The van der Waals surface area contributed by atoms with Crippen molar-refractivity contribution < 1.29 is 19.0 Å². The number of hydrogen-bond acceptors (Lipinski definition) is 9. The van der Waals surface area contributed by atoms with E-state index in [1.54, 1.807) is 24.1 Å². The fourth-order valence-corrected chi connectivity index (χ4v) is 3.50. The van der Waals surface area contributed by atoms with Gasteiger partial charge in [-0.25, -0.2) is 14.6 Å². The second kappa shape index (κ2) is 9.84. The van der Waals surface area contributed by atoms with Crippen molar-refractivity contribution in [1.82, 2.24) is 25.1 Å². The van der Waals surface area contributed by atoms with Gasteiger partial charge in [0.15, 0.2) is 22.3 Å². The van der Waals surface area contributed by atoms with E-state index in [0.29, 0.717) is 54.4 Å². The van der Waals surface area contributed by atoms with Crippen LogP contribution in [-0.4, -0.2) is 71.4 Å². The molecule has 1 aromatic carbocycles. The summed E-state index contributed by atoms with van der Waals surface area (Å²) >= 11 is 1.46. The van der Waals surface area contributed by atoms with Crippen LogP contribution in [0.15, 0.2) is 35.6 Å². The summed E-state index contributed by atoms with van der Waals surface area (Å²) in [6, 6.07) is 7.30. The Hall–Kier alpha value is -3.05. The SMILES string of the molecule is COCCNc1nc(SC)nc2c1cnn2CCNC(=O)C1COc2ccccc2O1. The highest BCUT2D eigenvalue weighted by Gasteiger charge is 2.27. The fraction of sp³-hybridized carbons (Fsp3) is 0.400. The summed E-state index contributed by atoms with van der Waals surface area (Å²) in [6.45, 7) is 2.21. The predicted molar refractivity (Wildman–Crippen MR) is 117 cm³/mol. The molecule has 4 rings (SSSR count). The number of fused-ring (bicyclic) bond motifs is 2. The average molecular weight is 445 g/mol. The monoisotopic (exact) mass is 444 g/mol. The smallest absolute Gasteiger partial charge is 0.264 e. The van der Waals surface area contributed by atoms with Crippen LogP contribution in [0.2, 0.25) is 0 Å². The summed E-state index contributed by atoms with van der Waals surface area (Å²) in [5.41, 5.74) is 0.708. The molecular weight excluding hydrogens is 420 g/mol. The van der Waals surface area contributed by atoms with Gasteiger partial charge in [0.1, 0.15) is 12.4 Å². The minimum absolute atomic E-state index is 0.175. The lowest BCUT2D eigenvalue weighted by atomic mass is 10.2. The van der Waals surface area contributed by atoms with Crippen LogP contribution in [0.4, 0.5) is 5.82 Å². The minimum Gasteiger partial charge on any atom is -0.485 e. The minimum atomic E-state index is -0.689. The lowest BCUT2D eigenvalue weighted by molar-refractivity contribution is -0.130. The Morgan fingerprint density at radius 1 is 1.29 bits per heavy atom. The van der Waals surface area contributed by atoms with Crippen LogP contribution < -0.4 is 20.1 Å². The van der Waals surface area contributed by atoms with Gasteiger partial charge in [-0.1, -0.05) is 23.9 Å². The standard InChI is InChI=1S/C20H24N6O4S/c1-28-10-8-21-17-13-11-23-26(18(13)25-20(24-17)31-2)9-7-22-19(27)16-12-29-14-5-3-4-6-15(14)30-16/h3-6,11,16H,7-10,12H2,1-2H3,(H,22,27)(H,21,24,25). The van der Waals surface area contributed by atoms with Crippen LogP contribution in [0.3, 0.4) is 0 Å². The highest BCUT2D eigenvalue weighted by Crippen LogP contribution is 2.30. The largest absolute Gasteiger partial charge is 0.485 e. The van der Waals surface area contributed by atoms with E-state index in [-0.39, 0.29) is 12.5 Å². The molecule has 31 heavy (non-hydrogen) atoms. The van der Waals surface area contributed by atoms with E-state index < -0.39 is 6.10 Å². The summed E-state index contributed by atoms with van der Waals surface area (Å²) in [7, 11) is 1.65. The molecule has 2 N–H and O–H groups in total. The highest BCUT2D eigenvalue weighted by atomic mass is 32.2. The molecule has 0 bridgehead atoms. The number of ether oxygens (including phenoxy) is 3. The van der Waals surface area contributed by atoms with E-state index in [9.17, 15) is 4.79 Å². The zero-order chi connectivity index (χ0) is 21.6. The maximum absolute atomic E-state index is 12.5. The van der Waals surface area contributed by atoms with Gasteiger partial charge in [0, 0.05) is 20.2 Å². The topological polar surface area (TPSA) is 112 Å². The number of hydrogen-bond donors (Lipinski definition) is 2. The molecule has 2 aromatic heterocycles. The third-order valence-electron chi connectivity index (χ3n) is 4.68. The zero-order valence-corrected chi connectivity index (χ0v) is 18.1. The van der Waals surface area contributed by atoms with Crippen LogP contribution in [0.5, 0.6) is 11.5 Å². The second-order valence-electron chi connectivity index (χ2n) is 6.74. The zero-order valence-electron chi connectivity index (χ0n) is 17.3. The van der Waals surface area contributed by atoms with Crippen molar-refractivity contribution in [1.29, 1.82) is 0 Å². The first-order chi connectivity index (χ1) is 15.2. The molecule has 0 aliphatic carbocycles. The summed E-state index contributed by atoms with van der Waals surface area (Å²) in [6.07, 6.45) is 2.96. The van der Waals surface area contributed by atoms with Crippen molar-refractivity contribution in [3.8, 4) is 11.5 Å². The van der Waals surface area contributed by atoms with E-state index in [2.05, 4.69) is 25.7 Å². The number of nitrogens with one attached hydrogen (secondary N) is 2. The summed E-state index contributed by atoms with van der Waals surface area (Å²) < 4.78 is 18.2. The van der Waals surface area contributed by atoms with E-state index in [1.807, 2.05) is 24.5 Å². The number of methoxy groups -OCH3 is 1. The number of rotatable bonds is 9. The van der Waals surface area contributed by atoms with Crippen molar-refractivity contribution in [2.75, 3.05) is 45.0 Å². The van der Waals surface area contributed by atoms with Crippen LogP contribution in [0.1, 0.15) is 0 Å².